The lowest BCUT2D eigenvalue weighted by Gasteiger charge is -2.40. The molecule has 0 aliphatic heterocycles. The normalized spacial score (nSPS) is 14.9. The summed E-state index contributed by atoms with van der Waals surface area (Å²) in [6, 6.07) is 17.7. The van der Waals surface area contributed by atoms with Crippen LogP contribution in [0, 0.1) is 0 Å². The van der Waals surface area contributed by atoms with Crippen LogP contribution in [0.4, 0.5) is 0 Å². The molecule has 36 heavy (non-hydrogen) atoms. The Morgan fingerprint density at radius 3 is 2.42 bits per heavy atom. The number of amides is 1. The van der Waals surface area contributed by atoms with Gasteiger partial charge in [0.25, 0.3) is 0 Å². The Labute approximate surface area is 214 Å². The average Bonchev–Trinajstić information content (AvgIpc) is 3.19. The Kier molecular flexibility index (Phi) is 6.22. The number of H-pyrrole nitrogens is 1. The summed E-state index contributed by atoms with van der Waals surface area (Å²) in [4.78, 5) is 23.8. The molecular formula is C28H29ClN4O3. The van der Waals surface area contributed by atoms with Crippen LogP contribution in [-0.2, 0) is 15.7 Å². The van der Waals surface area contributed by atoms with Crippen molar-refractivity contribution in [2.24, 2.45) is 0 Å². The number of aliphatic hydroxyl groups is 1. The van der Waals surface area contributed by atoms with E-state index in [2.05, 4.69) is 32.4 Å². The van der Waals surface area contributed by atoms with Crippen molar-refractivity contribution >= 4 is 28.7 Å². The SMILES string of the molecule is CC(=O)NC(C)(C)c1ccc(Oc2nc3nc(-c4ccc(C5(CO)CCC5)cc4)c(Cl)cc3[nH]2)cc1. The second-order valence-electron chi connectivity index (χ2n) is 10.0. The van der Waals surface area contributed by atoms with Gasteiger partial charge in [-0.25, -0.2) is 4.98 Å². The Bertz CT molecular complexity index is 1400. The number of halogens is 1. The molecule has 0 saturated heterocycles. The Morgan fingerprint density at radius 1 is 1.14 bits per heavy atom. The fourth-order valence-corrected chi connectivity index (χ4v) is 5.09. The highest BCUT2D eigenvalue weighted by Crippen LogP contribution is 2.43. The summed E-state index contributed by atoms with van der Waals surface area (Å²) in [6.07, 6.45) is 3.18. The first-order valence-corrected chi connectivity index (χ1v) is 12.4. The van der Waals surface area contributed by atoms with Crippen LogP contribution in [0.1, 0.15) is 51.2 Å². The maximum absolute atomic E-state index is 11.5. The largest absolute Gasteiger partial charge is 0.426 e. The number of nitrogens with zero attached hydrogens (tertiary/aromatic N) is 2. The van der Waals surface area contributed by atoms with Gasteiger partial charge in [0.05, 0.1) is 28.4 Å². The third-order valence-electron chi connectivity index (χ3n) is 7.07. The van der Waals surface area contributed by atoms with Crippen LogP contribution in [-0.4, -0.2) is 32.6 Å². The maximum Gasteiger partial charge on any atom is 0.301 e. The Morgan fingerprint density at radius 2 is 1.83 bits per heavy atom. The number of fused-ring (bicyclic) bond motifs is 1. The molecule has 1 saturated carbocycles. The molecule has 1 aliphatic carbocycles. The number of carbonyl (C=O) groups excluding carboxylic acids is 1. The fraction of sp³-hybridized carbons (Fsp3) is 0.321. The van der Waals surface area contributed by atoms with Crippen LogP contribution in [0.15, 0.2) is 54.6 Å². The minimum absolute atomic E-state index is 0.0866. The predicted octanol–water partition coefficient (Wildman–Crippen LogP) is 5.86. The standard InChI is InChI=1S/C28H29ClN4O3/c1-17(35)33-27(2,3)19-9-11-21(12-10-19)36-26-30-23-15-22(29)24(31-25(23)32-26)18-5-7-20(8-6-18)28(16-34)13-4-14-28/h5-12,15,34H,4,13-14,16H2,1-3H3,(H,33,35)(H,30,31,32). The number of nitrogens with one attached hydrogen (secondary N) is 2. The Hall–Kier alpha value is -3.42. The van der Waals surface area contributed by atoms with Crippen LogP contribution in [0.3, 0.4) is 0 Å². The zero-order valence-corrected chi connectivity index (χ0v) is 21.3. The van der Waals surface area contributed by atoms with Crippen molar-refractivity contribution in [1.82, 2.24) is 20.3 Å². The molecule has 186 valence electrons. The zero-order chi connectivity index (χ0) is 25.5. The van der Waals surface area contributed by atoms with Crippen LogP contribution >= 0.6 is 11.6 Å². The third kappa shape index (κ3) is 4.56. The molecule has 5 rings (SSSR count). The number of aliphatic hydroxyl groups excluding tert-OH is 1. The summed E-state index contributed by atoms with van der Waals surface area (Å²) in [5, 5.41) is 13.3. The van der Waals surface area contributed by atoms with Gasteiger partial charge in [0.1, 0.15) is 5.75 Å². The summed E-state index contributed by atoms with van der Waals surface area (Å²) >= 11 is 6.58. The van der Waals surface area contributed by atoms with E-state index in [1.807, 2.05) is 50.2 Å². The third-order valence-corrected chi connectivity index (χ3v) is 7.36. The highest BCUT2D eigenvalue weighted by Gasteiger charge is 2.37. The number of aromatic amines is 1. The summed E-state index contributed by atoms with van der Waals surface area (Å²) in [7, 11) is 0. The minimum atomic E-state index is -0.491. The number of carbonyl (C=O) groups is 1. The van der Waals surface area contributed by atoms with Gasteiger partial charge in [-0.2, -0.15) is 4.98 Å². The molecule has 2 aromatic heterocycles. The summed E-state index contributed by atoms with van der Waals surface area (Å²) < 4.78 is 5.92. The molecule has 7 nitrogen and oxygen atoms in total. The summed E-state index contributed by atoms with van der Waals surface area (Å²) in [6.45, 7) is 5.57. The second kappa shape index (κ2) is 9.22. The van der Waals surface area contributed by atoms with Crippen molar-refractivity contribution in [3.63, 3.8) is 0 Å². The van der Waals surface area contributed by atoms with Gasteiger partial charge in [0.2, 0.25) is 5.91 Å². The van der Waals surface area contributed by atoms with Crippen LogP contribution in [0.25, 0.3) is 22.4 Å². The summed E-state index contributed by atoms with van der Waals surface area (Å²) in [5.41, 5.74) is 4.22. The van der Waals surface area contributed by atoms with Crippen molar-refractivity contribution in [1.29, 1.82) is 0 Å². The number of rotatable bonds is 7. The van der Waals surface area contributed by atoms with Gasteiger partial charge in [0.15, 0.2) is 5.65 Å². The van der Waals surface area contributed by atoms with Crippen molar-refractivity contribution in [3.05, 3.63) is 70.7 Å². The monoisotopic (exact) mass is 504 g/mol. The maximum atomic E-state index is 11.5. The number of ether oxygens (including phenoxy) is 1. The average molecular weight is 505 g/mol. The molecular weight excluding hydrogens is 476 g/mol. The van der Waals surface area contributed by atoms with Crippen LogP contribution in [0.5, 0.6) is 11.8 Å². The molecule has 2 aromatic carbocycles. The second-order valence-corrected chi connectivity index (χ2v) is 10.4. The van der Waals surface area contributed by atoms with Gasteiger partial charge in [-0.05, 0) is 56.0 Å². The van der Waals surface area contributed by atoms with Gasteiger partial charge in [-0.3, -0.25) is 4.79 Å². The van der Waals surface area contributed by atoms with E-state index in [0.717, 1.165) is 36.0 Å². The van der Waals surface area contributed by atoms with Crippen molar-refractivity contribution < 1.29 is 14.6 Å². The van der Waals surface area contributed by atoms with E-state index < -0.39 is 5.54 Å². The van der Waals surface area contributed by atoms with Gasteiger partial charge >= 0.3 is 6.01 Å². The lowest BCUT2D eigenvalue weighted by Crippen LogP contribution is -2.39. The first-order valence-electron chi connectivity index (χ1n) is 12.0. The fourth-order valence-electron chi connectivity index (χ4n) is 4.83. The van der Waals surface area contributed by atoms with E-state index in [1.54, 1.807) is 6.07 Å². The lowest BCUT2D eigenvalue weighted by atomic mass is 9.65. The van der Waals surface area contributed by atoms with Crippen LogP contribution < -0.4 is 10.1 Å². The van der Waals surface area contributed by atoms with Crippen molar-refractivity contribution in [2.45, 2.75) is 51.0 Å². The van der Waals surface area contributed by atoms with E-state index in [4.69, 9.17) is 16.3 Å². The first-order chi connectivity index (χ1) is 17.2. The zero-order valence-electron chi connectivity index (χ0n) is 20.6. The number of hydrogen-bond donors (Lipinski definition) is 3. The predicted molar refractivity (Wildman–Crippen MR) is 140 cm³/mol. The molecule has 2 heterocycles. The van der Waals surface area contributed by atoms with Crippen LogP contribution in [0.2, 0.25) is 5.02 Å². The highest BCUT2D eigenvalue weighted by atomic mass is 35.5. The lowest BCUT2D eigenvalue weighted by molar-refractivity contribution is -0.120. The van der Waals surface area contributed by atoms with Gasteiger partial charge in [-0.15, -0.1) is 0 Å². The first kappa shape index (κ1) is 24.3. The molecule has 0 radical (unpaired) electrons. The molecule has 1 aliphatic rings. The molecule has 3 N–H and O–H groups in total. The minimum Gasteiger partial charge on any atom is -0.426 e. The van der Waals surface area contributed by atoms with Gasteiger partial charge < -0.3 is 20.1 Å². The molecule has 1 amide bonds. The molecule has 1 fully saturated rings. The number of imidazole rings is 1. The summed E-state index contributed by atoms with van der Waals surface area (Å²) in [5.74, 6) is 0.517. The van der Waals surface area contributed by atoms with Crippen molar-refractivity contribution in [3.8, 4) is 23.0 Å². The van der Waals surface area contributed by atoms with E-state index in [1.165, 1.54) is 6.92 Å². The molecule has 0 spiro atoms. The molecule has 0 bridgehead atoms. The van der Waals surface area contributed by atoms with E-state index in [-0.39, 0.29) is 17.9 Å². The number of hydrogen-bond acceptors (Lipinski definition) is 5. The number of pyridine rings is 1. The van der Waals surface area contributed by atoms with E-state index >= 15 is 0 Å². The topological polar surface area (TPSA) is 100 Å². The molecule has 0 unspecified atom stereocenters. The van der Waals surface area contributed by atoms with E-state index in [0.29, 0.717) is 33.6 Å². The number of aromatic nitrogens is 3. The molecule has 4 aromatic rings. The molecule has 8 heteroatoms. The van der Waals surface area contributed by atoms with Crippen molar-refractivity contribution in [2.75, 3.05) is 6.61 Å². The number of benzene rings is 2. The van der Waals surface area contributed by atoms with Gasteiger partial charge in [-0.1, -0.05) is 54.4 Å². The van der Waals surface area contributed by atoms with E-state index in [9.17, 15) is 9.90 Å². The molecule has 0 atom stereocenters. The smallest absolute Gasteiger partial charge is 0.301 e. The Balaban J connectivity index is 1.36. The quantitative estimate of drug-likeness (QED) is 0.293. The van der Waals surface area contributed by atoms with Gasteiger partial charge in [0, 0.05) is 17.9 Å². The highest BCUT2D eigenvalue weighted by molar-refractivity contribution is 6.33.